The van der Waals surface area contributed by atoms with Crippen LogP contribution in [0.2, 0.25) is 0 Å². The van der Waals surface area contributed by atoms with E-state index in [4.69, 9.17) is 0 Å². The molecule has 5 aliphatic heterocycles. The second-order valence-electron chi connectivity index (χ2n) is 17.5. The summed E-state index contributed by atoms with van der Waals surface area (Å²) >= 11 is 2.24. The third-order valence-electron chi connectivity index (χ3n) is 15.1. The van der Waals surface area contributed by atoms with Gasteiger partial charge in [0.05, 0.1) is 49.3 Å². The van der Waals surface area contributed by atoms with Crippen LogP contribution in [0.5, 0.6) is 0 Å². The molecular formula is C39H62CuN8S. The SMILES string of the molecule is [Cu].c1ccc(CSC2CCCC3C4NC5NC(NC6NC(NC7NC(NC(N4)C23)C2CCCCC72)C2CCCCC62)C2CCCCC52)cc1. The van der Waals surface area contributed by atoms with E-state index in [1.165, 1.54) is 102 Å². The van der Waals surface area contributed by atoms with Crippen molar-refractivity contribution in [3.8, 4) is 0 Å². The fraction of sp³-hybridized carbons (Fsp3) is 0.846. The molecule has 8 bridgehead atoms. The molecule has 0 aromatic heterocycles. The number of hydrogen-bond donors (Lipinski definition) is 8. The van der Waals surface area contributed by atoms with Crippen LogP contribution >= 0.6 is 11.8 Å². The Bertz CT molecular complexity index is 1260. The summed E-state index contributed by atoms with van der Waals surface area (Å²) in [7, 11) is 0. The molecule has 0 amide bonds. The van der Waals surface area contributed by atoms with Gasteiger partial charge in [-0.3, -0.25) is 42.5 Å². The van der Waals surface area contributed by atoms with Gasteiger partial charge < -0.3 is 0 Å². The van der Waals surface area contributed by atoms with E-state index in [0.717, 1.165) is 23.5 Å². The van der Waals surface area contributed by atoms with Gasteiger partial charge in [-0.2, -0.15) is 11.8 Å². The Labute approximate surface area is 310 Å². The number of hydrogen-bond acceptors (Lipinski definition) is 9. The summed E-state index contributed by atoms with van der Waals surface area (Å²) in [6, 6.07) is 11.2. The van der Waals surface area contributed by atoms with Crippen LogP contribution in [0.3, 0.4) is 0 Å². The van der Waals surface area contributed by atoms with Crippen molar-refractivity contribution in [1.82, 2.24) is 42.5 Å². The van der Waals surface area contributed by atoms with Gasteiger partial charge in [-0.25, -0.2) is 0 Å². The third kappa shape index (κ3) is 6.53. The van der Waals surface area contributed by atoms with E-state index in [9.17, 15) is 0 Å². The molecule has 10 rings (SSSR count). The number of benzene rings is 1. The fourth-order valence-corrected chi connectivity index (χ4v) is 14.5. The molecule has 9 aliphatic rings. The summed E-state index contributed by atoms with van der Waals surface area (Å²) < 4.78 is 0. The molecule has 17 atom stereocenters. The van der Waals surface area contributed by atoms with Crippen molar-refractivity contribution in [2.24, 2.45) is 47.3 Å². The Morgan fingerprint density at radius 2 is 0.755 bits per heavy atom. The van der Waals surface area contributed by atoms with Crippen LogP contribution in [0.4, 0.5) is 0 Å². The maximum absolute atomic E-state index is 4.38. The van der Waals surface area contributed by atoms with Crippen LogP contribution in [-0.4, -0.2) is 54.6 Å². The Morgan fingerprint density at radius 1 is 0.408 bits per heavy atom. The number of thioether (sulfide) groups is 1. The first-order chi connectivity index (χ1) is 23.8. The maximum Gasteiger partial charge on any atom is 0.0639 e. The van der Waals surface area contributed by atoms with E-state index in [1.54, 1.807) is 0 Å². The summed E-state index contributed by atoms with van der Waals surface area (Å²) in [5.74, 6) is 6.72. The van der Waals surface area contributed by atoms with Crippen molar-refractivity contribution in [3.63, 3.8) is 0 Å². The molecule has 10 heteroatoms. The predicted octanol–water partition coefficient (Wildman–Crippen LogP) is 4.52. The van der Waals surface area contributed by atoms with Crippen molar-refractivity contribution in [1.29, 1.82) is 0 Å². The van der Waals surface area contributed by atoms with Crippen LogP contribution in [0.25, 0.3) is 0 Å². The maximum atomic E-state index is 4.38. The molecule has 275 valence electrons. The Balaban J connectivity index is 0.00000325. The van der Waals surface area contributed by atoms with Gasteiger partial charge in [-0.15, -0.1) is 0 Å². The minimum Gasteiger partial charge on any atom is -0.286 e. The largest absolute Gasteiger partial charge is 0.286 e. The molecule has 17 unspecified atom stereocenters. The molecular weight excluding hydrogens is 676 g/mol. The van der Waals surface area contributed by atoms with Gasteiger partial charge in [0.25, 0.3) is 0 Å². The molecule has 1 aromatic rings. The van der Waals surface area contributed by atoms with Gasteiger partial charge in [0.1, 0.15) is 0 Å². The van der Waals surface area contributed by atoms with E-state index in [0.29, 0.717) is 84.2 Å². The predicted molar refractivity (Wildman–Crippen MR) is 194 cm³/mol. The molecule has 0 spiro atoms. The van der Waals surface area contributed by atoms with Crippen LogP contribution < -0.4 is 42.5 Å². The molecule has 1 radical (unpaired) electrons. The summed E-state index contributed by atoms with van der Waals surface area (Å²) in [5.41, 5.74) is 1.47. The molecule has 49 heavy (non-hydrogen) atoms. The minimum absolute atomic E-state index is 0. The summed E-state index contributed by atoms with van der Waals surface area (Å²) in [6.45, 7) is 0. The van der Waals surface area contributed by atoms with Crippen molar-refractivity contribution < 1.29 is 17.1 Å². The first-order valence-electron chi connectivity index (χ1n) is 20.5. The smallest absolute Gasteiger partial charge is 0.0639 e. The number of fused-ring (bicyclic) bond motifs is 20. The van der Waals surface area contributed by atoms with Crippen molar-refractivity contribution >= 4 is 11.8 Å². The van der Waals surface area contributed by atoms with Gasteiger partial charge in [-0.05, 0) is 98.4 Å². The normalized spacial score (nSPS) is 50.4. The zero-order chi connectivity index (χ0) is 31.6. The first-order valence-corrected chi connectivity index (χ1v) is 21.6. The van der Waals surface area contributed by atoms with Gasteiger partial charge in [0.15, 0.2) is 0 Å². The monoisotopic (exact) mass is 737 g/mol. The fourth-order valence-electron chi connectivity index (χ4n) is 13.0. The van der Waals surface area contributed by atoms with E-state index >= 15 is 0 Å². The molecule has 1 aromatic carbocycles. The summed E-state index contributed by atoms with van der Waals surface area (Å²) in [4.78, 5) is 0. The summed E-state index contributed by atoms with van der Waals surface area (Å²) in [6.07, 6.45) is 23.5. The minimum atomic E-state index is 0. The van der Waals surface area contributed by atoms with Gasteiger partial charge in [-0.1, -0.05) is 75.3 Å². The second kappa shape index (κ2) is 14.9. The average molecular weight is 739 g/mol. The van der Waals surface area contributed by atoms with E-state index < -0.39 is 0 Å². The molecule has 5 heterocycles. The van der Waals surface area contributed by atoms with Crippen molar-refractivity contribution in [2.45, 2.75) is 157 Å². The van der Waals surface area contributed by atoms with Crippen LogP contribution in [-0.2, 0) is 22.8 Å². The quantitative estimate of drug-likeness (QED) is 0.214. The number of rotatable bonds is 3. The van der Waals surface area contributed by atoms with Crippen molar-refractivity contribution in [2.75, 3.05) is 0 Å². The van der Waals surface area contributed by atoms with Crippen LogP contribution in [0, 0.1) is 47.3 Å². The van der Waals surface area contributed by atoms with Crippen LogP contribution in [0.1, 0.15) is 102 Å². The molecule has 4 aliphatic carbocycles. The van der Waals surface area contributed by atoms with Crippen LogP contribution in [0.15, 0.2) is 30.3 Å². The Kier molecular flexibility index (Phi) is 10.5. The second-order valence-corrected chi connectivity index (χ2v) is 18.7. The molecule has 8 N–H and O–H groups in total. The third-order valence-corrected chi connectivity index (χ3v) is 16.6. The first kappa shape index (κ1) is 34.5. The van der Waals surface area contributed by atoms with Gasteiger partial charge in [0, 0.05) is 34.0 Å². The molecule has 9 fully saturated rings. The van der Waals surface area contributed by atoms with E-state index in [-0.39, 0.29) is 17.1 Å². The topological polar surface area (TPSA) is 96.2 Å². The summed E-state index contributed by atoms with van der Waals surface area (Å²) in [5, 5.41) is 35.0. The zero-order valence-electron chi connectivity index (χ0n) is 29.2. The Hall–Kier alpha value is -0.231. The van der Waals surface area contributed by atoms with E-state index in [2.05, 4.69) is 84.6 Å². The molecule has 5 saturated heterocycles. The zero-order valence-corrected chi connectivity index (χ0v) is 31.0. The molecule has 4 saturated carbocycles. The molecule has 8 nitrogen and oxygen atoms in total. The standard InChI is InChI=1S/C39H62N8S.Cu/c1-2-11-22(12-3-1)21-48-30-20-10-19-29-31(30)39-46-37-28-18-9-8-17-27(28)35(44-37)42-33-24-14-5-4-13-23(24)32(40-33)41-34-25-15-6-7-16-26(25)36(43-34)45-38(29)47-39;/h1-3,11-12,23-47H,4-10,13-21H2;. The Morgan fingerprint density at radius 3 is 1.16 bits per heavy atom. The van der Waals surface area contributed by atoms with Gasteiger partial charge in [0.2, 0.25) is 0 Å². The van der Waals surface area contributed by atoms with Gasteiger partial charge >= 0.3 is 0 Å². The average Bonchev–Trinajstić information content (AvgIpc) is 3.87. The number of nitrogens with one attached hydrogen (secondary N) is 8. The van der Waals surface area contributed by atoms with Crippen molar-refractivity contribution in [3.05, 3.63) is 35.9 Å². The van der Waals surface area contributed by atoms with E-state index in [1.807, 2.05) is 0 Å².